The first-order chi connectivity index (χ1) is 16.4. The number of rotatable bonds is 13. The van der Waals surface area contributed by atoms with Crippen LogP contribution in [0.2, 0.25) is 0 Å². The number of ether oxygens (including phenoxy) is 3. The van der Waals surface area contributed by atoms with Gasteiger partial charge in [-0.2, -0.15) is 0 Å². The molecule has 0 radical (unpaired) electrons. The normalized spacial score (nSPS) is 16.8. The van der Waals surface area contributed by atoms with Crippen LogP contribution in [0, 0.1) is 5.92 Å². The van der Waals surface area contributed by atoms with Crippen molar-refractivity contribution in [1.82, 2.24) is 10.1 Å². The summed E-state index contributed by atoms with van der Waals surface area (Å²) in [4.78, 5) is 17.0. The van der Waals surface area contributed by atoms with Crippen molar-refractivity contribution in [3.05, 3.63) is 29.1 Å². The second-order valence-corrected chi connectivity index (χ2v) is 10.1. The number of nitrogens with zero attached hydrogens (tertiary/aromatic N) is 2. The summed E-state index contributed by atoms with van der Waals surface area (Å²) in [6, 6.07) is 3.85. The van der Waals surface area contributed by atoms with Crippen molar-refractivity contribution < 1.29 is 23.5 Å². The summed E-state index contributed by atoms with van der Waals surface area (Å²) in [6.07, 6.45) is 6.92. The Morgan fingerprint density at radius 3 is 2.56 bits per heavy atom. The van der Waals surface area contributed by atoms with E-state index in [1.165, 1.54) is 25.7 Å². The highest BCUT2D eigenvalue weighted by molar-refractivity contribution is 5.97. The maximum Gasteiger partial charge on any atom is 0.268 e. The van der Waals surface area contributed by atoms with E-state index in [9.17, 15) is 4.79 Å². The van der Waals surface area contributed by atoms with Crippen molar-refractivity contribution in [3.8, 4) is 17.2 Å². The lowest BCUT2D eigenvalue weighted by Gasteiger charge is -2.21. The quantitative estimate of drug-likeness (QED) is 0.425. The molecule has 0 atom stereocenters. The van der Waals surface area contributed by atoms with Crippen LogP contribution in [0.3, 0.4) is 0 Å². The van der Waals surface area contributed by atoms with E-state index < -0.39 is 5.91 Å². The lowest BCUT2D eigenvalue weighted by molar-refractivity contribution is 0.0339. The molecule has 8 nitrogen and oxygen atoms in total. The number of hydrogen-bond acceptors (Lipinski definition) is 7. The fourth-order valence-electron chi connectivity index (χ4n) is 4.40. The average molecular weight is 472 g/mol. The number of carbonyl (C=O) groups is 1. The highest BCUT2D eigenvalue weighted by Crippen LogP contribution is 2.42. The maximum absolute atomic E-state index is 12.4. The molecule has 0 bridgehead atoms. The molecule has 2 heterocycles. The zero-order valence-corrected chi connectivity index (χ0v) is 20.6. The Balaban J connectivity index is 1.60. The number of amides is 1. The molecular formula is C26H37N3O5. The minimum Gasteiger partial charge on any atom is -0.477 e. The second kappa shape index (κ2) is 10.9. The standard InChI is InChI=1S/C26H37N3O5/c1-4-31-11-12-32-16-26(2,3)22-14-21(34-29-22)20-13-19(18-7-5-6-8-18)25(28-23(20)24(27)30)33-15-17-9-10-17/h13-14,17-18H,4-12,15-16H2,1-3H3,(H2,27,30). The molecule has 34 heavy (non-hydrogen) atoms. The Kier molecular flexibility index (Phi) is 7.88. The third-order valence-electron chi connectivity index (χ3n) is 6.70. The van der Waals surface area contributed by atoms with Crippen LogP contribution in [0.5, 0.6) is 5.88 Å². The fraction of sp³-hybridized carbons (Fsp3) is 0.654. The van der Waals surface area contributed by atoms with E-state index in [4.69, 9.17) is 24.5 Å². The number of carbonyl (C=O) groups excluding carboxylic acids is 1. The van der Waals surface area contributed by atoms with Gasteiger partial charge in [0, 0.05) is 23.7 Å². The molecule has 2 aromatic heterocycles. The Labute approximate surface area is 201 Å². The van der Waals surface area contributed by atoms with E-state index in [1.54, 1.807) is 0 Å². The third-order valence-corrected chi connectivity index (χ3v) is 6.70. The van der Waals surface area contributed by atoms with Crippen LogP contribution in [0.25, 0.3) is 11.3 Å². The lowest BCUT2D eigenvalue weighted by Crippen LogP contribution is -2.25. The van der Waals surface area contributed by atoms with Crippen molar-refractivity contribution >= 4 is 5.91 Å². The highest BCUT2D eigenvalue weighted by atomic mass is 16.5. The zero-order valence-electron chi connectivity index (χ0n) is 20.6. The van der Waals surface area contributed by atoms with E-state index in [-0.39, 0.29) is 11.1 Å². The fourth-order valence-corrected chi connectivity index (χ4v) is 4.40. The molecule has 0 aliphatic heterocycles. The van der Waals surface area contributed by atoms with Crippen LogP contribution >= 0.6 is 0 Å². The predicted octanol–water partition coefficient (Wildman–Crippen LogP) is 4.61. The van der Waals surface area contributed by atoms with Crippen LogP contribution in [0.15, 0.2) is 16.7 Å². The molecule has 0 spiro atoms. The van der Waals surface area contributed by atoms with Gasteiger partial charge in [-0.05, 0) is 50.5 Å². The van der Waals surface area contributed by atoms with Gasteiger partial charge in [0.05, 0.1) is 37.7 Å². The summed E-state index contributed by atoms with van der Waals surface area (Å²) in [5.74, 6) is 1.36. The number of primary amides is 1. The zero-order chi connectivity index (χ0) is 24.1. The van der Waals surface area contributed by atoms with Crippen LogP contribution in [0.1, 0.15) is 87.0 Å². The number of aromatic nitrogens is 2. The average Bonchev–Trinajstić information content (AvgIpc) is 3.26. The van der Waals surface area contributed by atoms with Gasteiger partial charge in [0.15, 0.2) is 5.76 Å². The summed E-state index contributed by atoms with van der Waals surface area (Å²) in [7, 11) is 0. The van der Waals surface area contributed by atoms with Gasteiger partial charge in [0.25, 0.3) is 5.91 Å². The Bertz CT molecular complexity index is 977. The monoisotopic (exact) mass is 471 g/mol. The molecular weight excluding hydrogens is 434 g/mol. The van der Waals surface area contributed by atoms with Crippen molar-refractivity contribution in [2.75, 3.05) is 33.0 Å². The minimum absolute atomic E-state index is 0.154. The van der Waals surface area contributed by atoms with Gasteiger partial charge in [-0.1, -0.05) is 31.8 Å². The minimum atomic E-state index is -0.610. The van der Waals surface area contributed by atoms with E-state index in [0.29, 0.717) is 62.1 Å². The molecule has 1 amide bonds. The first kappa shape index (κ1) is 24.7. The smallest absolute Gasteiger partial charge is 0.268 e. The molecule has 2 aromatic rings. The van der Waals surface area contributed by atoms with Gasteiger partial charge in [-0.3, -0.25) is 4.79 Å². The molecule has 0 unspecified atom stereocenters. The first-order valence-corrected chi connectivity index (χ1v) is 12.5. The molecule has 0 aromatic carbocycles. The van der Waals surface area contributed by atoms with Crippen molar-refractivity contribution in [3.63, 3.8) is 0 Å². The van der Waals surface area contributed by atoms with Gasteiger partial charge >= 0.3 is 0 Å². The summed E-state index contributed by atoms with van der Waals surface area (Å²) < 4.78 is 22.9. The topological polar surface area (TPSA) is 110 Å². The molecule has 2 N–H and O–H groups in total. The van der Waals surface area contributed by atoms with Gasteiger partial charge in [-0.15, -0.1) is 0 Å². The SMILES string of the molecule is CCOCCOCC(C)(C)c1cc(-c2cc(C3CCCC3)c(OCC3CC3)nc2C(N)=O)on1. The largest absolute Gasteiger partial charge is 0.477 e. The van der Waals surface area contributed by atoms with Crippen molar-refractivity contribution in [1.29, 1.82) is 0 Å². The highest BCUT2D eigenvalue weighted by Gasteiger charge is 2.30. The summed E-state index contributed by atoms with van der Waals surface area (Å²) in [6.45, 7) is 8.89. The summed E-state index contributed by atoms with van der Waals surface area (Å²) >= 11 is 0. The third kappa shape index (κ3) is 5.96. The molecule has 8 heteroatoms. The summed E-state index contributed by atoms with van der Waals surface area (Å²) in [5, 5.41) is 4.30. The molecule has 4 rings (SSSR count). The number of hydrogen-bond donors (Lipinski definition) is 1. The predicted molar refractivity (Wildman–Crippen MR) is 128 cm³/mol. The van der Waals surface area contributed by atoms with Gasteiger partial charge in [0.1, 0.15) is 5.69 Å². The molecule has 2 fully saturated rings. The van der Waals surface area contributed by atoms with E-state index in [0.717, 1.165) is 24.1 Å². The molecule has 2 aliphatic rings. The maximum atomic E-state index is 12.4. The van der Waals surface area contributed by atoms with E-state index in [2.05, 4.69) is 10.1 Å². The Morgan fingerprint density at radius 1 is 1.15 bits per heavy atom. The Hall–Kier alpha value is -2.45. The van der Waals surface area contributed by atoms with E-state index in [1.807, 2.05) is 32.9 Å². The van der Waals surface area contributed by atoms with Crippen LogP contribution in [-0.4, -0.2) is 49.1 Å². The van der Waals surface area contributed by atoms with E-state index >= 15 is 0 Å². The number of nitrogens with two attached hydrogens (primary N) is 1. The van der Waals surface area contributed by atoms with Crippen LogP contribution in [0.4, 0.5) is 0 Å². The lowest BCUT2D eigenvalue weighted by atomic mass is 9.89. The summed E-state index contributed by atoms with van der Waals surface area (Å²) in [5.41, 5.74) is 7.86. The molecule has 186 valence electrons. The van der Waals surface area contributed by atoms with Gasteiger partial charge < -0.3 is 24.5 Å². The van der Waals surface area contributed by atoms with Gasteiger partial charge in [-0.25, -0.2) is 4.98 Å². The molecule has 2 saturated carbocycles. The molecule has 2 aliphatic carbocycles. The number of pyridine rings is 1. The van der Waals surface area contributed by atoms with Gasteiger partial charge in [0.2, 0.25) is 5.88 Å². The van der Waals surface area contributed by atoms with Crippen molar-refractivity contribution in [2.24, 2.45) is 11.7 Å². The second-order valence-electron chi connectivity index (χ2n) is 10.1. The van der Waals surface area contributed by atoms with Crippen molar-refractivity contribution in [2.45, 2.75) is 70.6 Å². The van der Waals surface area contributed by atoms with Crippen LogP contribution in [-0.2, 0) is 14.9 Å². The first-order valence-electron chi connectivity index (χ1n) is 12.5. The molecule has 0 saturated heterocycles. The Morgan fingerprint density at radius 2 is 1.88 bits per heavy atom. The van der Waals surface area contributed by atoms with Crippen LogP contribution < -0.4 is 10.5 Å².